The molecule has 0 aliphatic rings. The lowest BCUT2D eigenvalue weighted by Crippen LogP contribution is -2.23. The molecule has 21 heavy (non-hydrogen) atoms. The van der Waals surface area contributed by atoms with E-state index in [9.17, 15) is 14.7 Å². The van der Waals surface area contributed by atoms with Gasteiger partial charge in [-0.3, -0.25) is 4.79 Å². The molecule has 0 radical (unpaired) electrons. The van der Waals surface area contributed by atoms with Crippen LogP contribution in [0.5, 0.6) is 5.75 Å². The molecule has 108 valence electrons. The number of aromatic hydroxyl groups is 1. The molecule has 1 aromatic heterocycles. The molecule has 0 atom stereocenters. The first-order chi connectivity index (χ1) is 9.97. The van der Waals surface area contributed by atoms with Crippen molar-refractivity contribution in [3.8, 4) is 5.75 Å². The molecular weight excluding hydrogens is 272 g/mol. The number of phenols is 1. The maximum absolute atomic E-state index is 11.9. The van der Waals surface area contributed by atoms with Crippen LogP contribution in [0.1, 0.15) is 32.0 Å². The van der Waals surface area contributed by atoms with E-state index < -0.39 is 11.9 Å². The number of amides is 1. The van der Waals surface area contributed by atoms with Gasteiger partial charge in [-0.15, -0.1) is 0 Å². The molecule has 2 aromatic rings. The Kier molecular flexibility index (Phi) is 4.18. The van der Waals surface area contributed by atoms with Crippen LogP contribution in [0.3, 0.4) is 0 Å². The minimum absolute atomic E-state index is 0.0544. The highest BCUT2D eigenvalue weighted by Crippen LogP contribution is 2.18. The molecule has 1 amide bonds. The molecule has 0 saturated carbocycles. The second kappa shape index (κ2) is 6.04. The number of hydrogen-bond acceptors (Lipinski definition) is 4. The van der Waals surface area contributed by atoms with Crippen LogP contribution in [0, 0.1) is 6.92 Å². The van der Waals surface area contributed by atoms with Crippen molar-refractivity contribution in [2.45, 2.75) is 13.5 Å². The van der Waals surface area contributed by atoms with Crippen molar-refractivity contribution in [3.63, 3.8) is 0 Å². The van der Waals surface area contributed by atoms with Crippen LogP contribution < -0.4 is 5.32 Å². The summed E-state index contributed by atoms with van der Waals surface area (Å²) in [5.74, 6) is -1.59. The fourth-order valence-electron chi connectivity index (χ4n) is 1.77. The van der Waals surface area contributed by atoms with Gasteiger partial charge in [0.2, 0.25) is 0 Å². The molecule has 0 unspecified atom stereocenters. The highest BCUT2D eigenvalue weighted by Gasteiger charge is 2.11. The van der Waals surface area contributed by atoms with Crippen molar-refractivity contribution in [1.82, 2.24) is 10.3 Å². The van der Waals surface area contributed by atoms with E-state index in [1.165, 1.54) is 18.3 Å². The fraction of sp³-hybridized carbons (Fsp3) is 0.133. The van der Waals surface area contributed by atoms with Gasteiger partial charge in [0.15, 0.2) is 0 Å². The van der Waals surface area contributed by atoms with E-state index in [1.54, 1.807) is 18.2 Å². The van der Waals surface area contributed by atoms with Crippen molar-refractivity contribution in [1.29, 1.82) is 0 Å². The lowest BCUT2D eigenvalue weighted by atomic mass is 10.1. The first-order valence-corrected chi connectivity index (χ1v) is 6.23. The topological polar surface area (TPSA) is 99.5 Å². The van der Waals surface area contributed by atoms with Gasteiger partial charge in [-0.05, 0) is 36.2 Å². The molecule has 0 spiro atoms. The Balaban J connectivity index is 2.02. The maximum atomic E-state index is 11.9. The number of carboxylic acid groups (broad SMARTS) is 1. The number of hydrogen-bond donors (Lipinski definition) is 3. The number of benzene rings is 1. The second-order valence-corrected chi connectivity index (χ2v) is 4.56. The third-order valence-corrected chi connectivity index (χ3v) is 2.89. The molecule has 6 heteroatoms. The molecule has 1 aromatic carbocycles. The Labute approximate surface area is 121 Å². The number of aromatic carboxylic acids is 1. The maximum Gasteiger partial charge on any atom is 0.354 e. The summed E-state index contributed by atoms with van der Waals surface area (Å²) in [6.07, 6.45) is 1.39. The number of carbonyl (C=O) groups excluding carboxylic acids is 1. The standard InChI is InChI=1S/C15H14N2O4/c1-9-2-4-11(13(18)6-9)14(19)17-8-10-3-5-12(15(20)21)16-7-10/h2-7,18H,8H2,1H3,(H,17,19)(H,20,21). The Morgan fingerprint density at radius 3 is 2.57 bits per heavy atom. The van der Waals surface area contributed by atoms with Crippen LogP contribution in [0.15, 0.2) is 36.5 Å². The summed E-state index contributed by atoms with van der Waals surface area (Å²) in [6, 6.07) is 7.74. The van der Waals surface area contributed by atoms with E-state index >= 15 is 0 Å². The van der Waals surface area contributed by atoms with Gasteiger partial charge < -0.3 is 15.5 Å². The van der Waals surface area contributed by atoms with Crippen LogP contribution in [0.25, 0.3) is 0 Å². The quantitative estimate of drug-likeness (QED) is 0.794. The highest BCUT2D eigenvalue weighted by molar-refractivity contribution is 5.96. The molecule has 1 heterocycles. The zero-order chi connectivity index (χ0) is 15.4. The van der Waals surface area contributed by atoms with E-state index in [0.717, 1.165) is 5.56 Å². The number of aryl methyl sites for hydroxylation is 1. The van der Waals surface area contributed by atoms with Crippen molar-refractivity contribution in [3.05, 3.63) is 58.9 Å². The van der Waals surface area contributed by atoms with Crippen molar-refractivity contribution >= 4 is 11.9 Å². The third-order valence-electron chi connectivity index (χ3n) is 2.89. The van der Waals surface area contributed by atoms with E-state index in [0.29, 0.717) is 5.56 Å². The first kappa shape index (κ1) is 14.5. The minimum Gasteiger partial charge on any atom is -0.507 e. The van der Waals surface area contributed by atoms with Gasteiger partial charge in [0.1, 0.15) is 11.4 Å². The molecule has 0 aliphatic heterocycles. The number of phenolic OH excluding ortho intramolecular Hbond substituents is 1. The van der Waals surface area contributed by atoms with E-state index in [1.807, 2.05) is 6.92 Å². The number of carboxylic acids is 1. The normalized spacial score (nSPS) is 10.1. The molecular formula is C15H14N2O4. The van der Waals surface area contributed by atoms with E-state index in [2.05, 4.69) is 10.3 Å². The largest absolute Gasteiger partial charge is 0.507 e. The first-order valence-electron chi connectivity index (χ1n) is 6.23. The Morgan fingerprint density at radius 1 is 1.24 bits per heavy atom. The third kappa shape index (κ3) is 3.56. The van der Waals surface area contributed by atoms with Crippen molar-refractivity contribution in [2.75, 3.05) is 0 Å². The van der Waals surface area contributed by atoms with Crippen LogP contribution in [-0.4, -0.2) is 27.1 Å². The number of pyridine rings is 1. The van der Waals surface area contributed by atoms with Crippen molar-refractivity contribution in [2.24, 2.45) is 0 Å². The summed E-state index contributed by atoms with van der Waals surface area (Å²) < 4.78 is 0. The van der Waals surface area contributed by atoms with Gasteiger partial charge in [0.25, 0.3) is 5.91 Å². The van der Waals surface area contributed by atoms with Crippen LogP contribution in [0.2, 0.25) is 0 Å². The molecule has 0 fully saturated rings. The second-order valence-electron chi connectivity index (χ2n) is 4.56. The zero-order valence-corrected chi connectivity index (χ0v) is 11.3. The SMILES string of the molecule is Cc1ccc(C(=O)NCc2ccc(C(=O)O)nc2)c(O)c1. The number of rotatable bonds is 4. The average Bonchev–Trinajstić information content (AvgIpc) is 2.45. The molecule has 0 aliphatic carbocycles. The van der Waals surface area contributed by atoms with Gasteiger partial charge in [-0.25, -0.2) is 9.78 Å². The Bertz CT molecular complexity index is 681. The van der Waals surface area contributed by atoms with Crippen LogP contribution in [0.4, 0.5) is 0 Å². The number of nitrogens with one attached hydrogen (secondary N) is 1. The molecule has 0 bridgehead atoms. The van der Waals surface area contributed by atoms with E-state index in [-0.39, 0.29) is 23.6 Å². The Morgan fingerprint density at radius 2 is 2.00 bits per heavy atom. The van der Waals surface area contributed by atoms with Crippen molar-refractivity contribution < 1.29 is 19.8 Å². The molecule has 2 rings (SSSR count). The smallest absolute Gasteiger partial charge is 0.354 e. The number of aromatic nitrogens is 1. The average molecular weight is 286 g/mol. The van der Waals surface area contributed by atoms with Gasteiger partial charge in [0, 0.05) is 12.7 Å². The lowest BCUT2D eigenvalue weighted by molar-refractivity contribution is 0.0690. The molecule has 3 N–H and O–H groups in total. The number of carbonyl (C=O) groups is 2. The summed E-state index contributed by atoms with van der Waals surface area (Å²) in [5.41, 5.74) is 1.66. The lowest BCUT2D eigenvalue weighted by Gasteiger charge is -2.07. The van der Waals surface area contributed by atoms with Gasteiger partial charge in [-0.1, -0.05) is 12.1 Å². The monoisotopic (exact) mass is 286 g/mol. The summed E-state index contributed by atoms with van der Waals surface area (Å²) in [7, 11) is 0. The summed E-state index contributed by atoms with van der Waals surface area (Å²) in [6.45, 7) is 2.01. The highest BCUT2D eigenvalue weighted by atomic mass is 16.4. The zero-order valence-electron chi connectivity index (χ0n) is 11.3. The summed E-state index contributed by atoms with van der Waals surface area (Å²) in [5, 5.41) is 21.1. The van der Waals surface area contributed by atoms with Crippen LogP contribution >= 0.6 is 0 Å². The molecule has 0 saturated heterocycles. The van der Waals surface area contributed by atoms with Gasteiger partial charge in [0.05, 0.1) is 5.56 Å². The van der Waals surface area contributed by atoms with Gasteiger partial charge >= 0.3 is 5.97 Å². The van der Waals surface area contributed by atoms with Gasteiger partial charge in [-0.2, -0.15) is 0 Å². The summed E-state index contributed by atoms with van der Waals surface area (Å²) in [4.78, 5) is 26.4. The Hall–Kier alpha value is -2.89. The predicted molar refractivity (Wildman–Crippen MR) is 75.2 cm³/mol. The number of nitrogens with zero attached hydrogens (tertiary/aromatic N) is 1. The van der Waals surface area contributed by atoms with E-state index in [4.69, 9.17) is 5.11 Å². The summed E-state index contributed by atoms with van der Waals surface area (Å²) >= 11 is 0. The fourth-order valence-corrected chi connectivity index (χ4v) is 1.77. The molecule has 6 nitrogen and oxygen atoms in total. The predicted octanol–water partition coefficient (Wildman–Crippen LogP) is 1.72. The van der Waals surface area contributed by atoms with Crippen LogP contribution in [-0.2, 0) is 6.54 Å². The minimum atomic E-state index is -1.10.